The van der Waals surface area contributed by atoms with Gasteiger partial charge >= 0.3 is 16.4 Å². The monoisotopic (exact) mass is 381 g/mol. The quantitative estimate of drug-likeness (QED) is 0.486. The van der Waals surface area contributed by atoms with Gasteiger partial charge in [0.15, 0.2) is 11.2 Å². The molecule has 2 aromatic heterocycles. The number of nitrogens with zero attached hydrogens (tertiary/aromatic N) is 3. The third-order valence-electron chi connectivity index (χ3n) is 2.85. The van der Waals surface area contributed by atoms with Crippen molar-refractivity contribution in [1.29, 1.82) is 0 Å². The maximum atomic E-state index is 11.7. The van der Waals surface area contributed by atoms with Gasteiger partial charge in [0.2, 0.25) is 5.95 Å². The smallest absolute Gasteiger partial charge is 0.369 e. The first-order chi connectivity index (χ1) is 11.3. The molecule has 2 aromatic rings. The highest BCUT2D eigenvalue weighted by Crippen LogP contribution is 2.56. The molecule has 0 saturated carbocycles. The highest BCUT2D eigenvalue weighted by Gasteiger charge is 2.31. The second-order valence-corrected chi connectivity index (χ2v) is 7.24. The number of imidazole rings is 1. The van der Waals surface area contributed by atoms with E-state index >= 15 is 0 Å². The average molecular weight is 381 g/mol. The first-order valence-corrected chi connectivity index (χ1v) is 9.08. The van der Waals surface area contributed by atoms with Crippen molar-refractivity contribution >= 4 is 33.5 Å². The standard InChI is InChI=1S/C9H13N5O8P2/c10-9-12-7-6(8(15)13-9)11-3-14(7)4-19-5-1-20-23(21-2-5)22-24(16,17)18/h3,5H,1-2,4H2,(H2,16,17,18)(H3,10,12,13,15). The maximum Gasteiger partial charge on any atom is 0.476 e. The van der Waals surface area contributed by atoms with Crippen molar-refractivity contribution in [3.8, 4) is 0 Å². The molecule has 13 nitrogen and oxygen atoms in total. The molecule has 0 spiro atoms. The van der Waals surface area contributed by atoms with Crippen LogP contribution in [0.2, 0.25) is 0 Å². The number of hydrogen-bond acceptors (Lipinski definition) is 9. The summed E-state index contributed by atoms with van der Waals surface area (Å²) in [5, 5.41) is 0. The van der Waals surface area contributed by atoms with Crippen LogP contribution in [0.5, 0.6) is 0 Å². The molecule has 3 rings (SSSR count). The van der Waals surface area contributed by atoms with Gasteiger partial charge < -0.3 is 29.3 Å². The molecular formula is C9H13N5O8P2. The van der Waals surface area contributed by atoms with E-state index in [4.69, 9.17) is 29.3 Å². The average Bonchev–Trinajstić information content (AvgIpc) is 2.88. The van der Waals surface area contributed by atoms with E-state index in [2.05, 4.69) is 19.3 Å². The number of rotatable bonds is 5. The fourth-order valence-electron chi connectivity index (χ4n) is 1.85. The first-order valence-electron chi connectivity index (χ1n) is 6.45. The Kier molecular flexibility index (Phi) is 4.95. The Morgan fingerprint density at radius 2 is 2.21 bits per heavy atom. The fraction of sp³-hybridized carbons (Fsp3) is 0.444. The number of nitrogens with two attached hydrogens (primary N) is 1. The molecule has 24 heavy (non-hydrogen) atoms. The summed E-state index contributed by atoms with van der Waals surface area (Å²) in [7, 11) is -6.79. The number of phosphoric acid groups is 1. The number of hydrogen-bond donors (Lipinski definition) is 4. The number of nitrogen functional groups attached to an aromatic ring is 1. The van der Waals surface area contributed by atoms with E-state index in [1.165, 1.54) is 10.9 Å². The summed E-state index contributed by atoms with van der Waals surface area (Å²) in [5.74, 6) is -0.0428. The summed E-state index contributed by atoms with van der Waals surface area (Å²) in [6.07, 6.45) is 0.877. The van der Waals surface area contributed by atoms with Crippen LogP contribution in [-0.4, -0.2) is 48.6 Å². The van der Waals surface area contributed by atoms with Crippen molar-refractivity contribution in [2.75, 3.05) is 18.9 Å². The molecule has 15 heteroatoms. The summed E-state index contributed by atoms with van der Waals surface area (Å²) in [4.78, 5) is 39.3. The lowest BCUT2D eigenvalue weighted by Gasteiger charge is -2.27. The van der Waals surface area contributed by atoms with E-state index in [9.17, 15) is 9.36 Å². The van der Waals surface area contributed by atoms with E-state index in [1.807, 2.05) is 0 Å². The van der Waals surface area contributed by atoms with Crippen molar-refractivity contribution in [1.82, 2.24) is 19.5 Å². The zero-order valence-corrected chi connectivity index (χ0v) is 13.7. The van der Waals surface area contributed by atoms with Crippen LogP contribution in [0.3, 0.4) is 0 Å². The molecule has 5 N–H and O–H groups in total. The summed E-state index contributed by atoms with van der Waals surface area (Å²) >= 11 is 0. The Bertz CT molecular complexity index is 825. The van der Waals surface area contributed by atoms with Gasteiger partial charge in [0.1, 0.15) is 12.8 Å². The van der Waals surface area contributed by atoms with Crippen LogP contribution in [0.25, 0.3) is 11.2 Å². The van der Waals surface area contributed by atoms with Crippen molar-refractivity contribution in [3.63, 3.8) is 0 Å². The van der Waals surface area contributed by atoms with Crippen LogP contribution in [0.1, 0.15) is 0 Å². The Balaban J connectivity index is 1.58. The van der Waals surface area contributed by atoms with E-state index in [1.54, 1.807) is 0 Å². The van der Waals surface area contributed by atoms with Crippen LogP contribution in [0.15, 0.2) is 11.1 Å². The molecule has 0 unspecified atom stereocenters. The largest absolute Gasteiger partial charge is 0.476 e. The molecule has 0 atom stereocenters. The maximum absolute atomic E-state index is 11.7. The Morgan fingerprint density at radius 1 is 1.50 bits per heavy atom. The van der Waals surface area contributed by atoms with E-state index in [0.717, 1.165) is 0 Å². The van der Waals surface area contributed by atoms with Gasteiger partial charge in [-0.2, -0.15) is 4.98 Å². The Hall–Kier alpha value is -1.43. The van der Waals surface area contributed by atoms with Crippen molar-refractivity contribution in [2.24, 2.45) is 0 Å². The fourth-order valence-corrected chi connectivity index (χ4v) is 3.58. The predicted octanol–water partition coefficient (Wildman–Crippen LogP) is -0.573. The topological polar surface area (TPSA) is 184 Å². The highest BCUT2D eigenvalue weighted by atomic mass is 31.3. The molecule has 1 fully saturated rings. The van der Waals surface area contributed by atoms with E-state index in [-0.39, 0.29) is 37.1 Å². The van der Waals surface area contributed by atoms with Crippen LogP contribution in [0.4, 0.5) is 5.95 Å². The molecule has 0 radical (unpaired) electrons. The molecule has 0 amide bonds. The summed E-state index contributed by atoms with van der Waals surface area (Å²) in [6.45, 7) is 0.0457. The van der Waals surface area contributed by atoms with Crippen LogP contribution < -0.4 is 11.3 Å². The van der Waals surface area contributed by atoms with E-state index in [0.29, 0.717) is 0 Å². The molecule has 0 aliphatic carbocycles. The number of ether oxygens (including phenoxy) is 1. The molecule has 1 aliphatic rings. The molecular weight excluding hydrogens is 368 g/mol. The molecule has 0 bridgehead atoms. The minimum Gasteiger partial charge on any atom is -0.369 e. The van der Waals surface area contributed by atoms with Gasteiger partial charge in [-0.05, 0) is 0 Å². The Labute approximate surface area is 134 Å². The van der Waals surface area contributed by atoms with Crippen LogP contribution in [0, 0.1) is 0 Å². The zero-order valence-electron chi connectivity index (χ0n) is 11.9. The van der Waals surface area contributed by atoms with Crippen molar-refractivity contribution < 1.29 is 32.4 Å². The molecule has 1 saturated heterocycles. The second kappa shape index (κ2) is 6.82. The molecule has 1 aliphatic heterocycles. The predicted molar refractivity (Wildman–Crippen MR) is 79.4 cm³/mol. The molecule has 3 heterocycles. The van der Waals surface area contributed by atoms with Crippen molar-refractivity contribution in [3.05, 3.63) is 16.7 Å². The van der Waals surface area contributed by atoms with Gasteiger partial charge in [-0.25, -0.2) is 13.9 Å². The summed E-state index contributed by atoms with van der Waals surface area (Å²) in [5.41, 5.74) is 5.43. The number of H-pyrrole nitrogens is 1. The number of aromatic nitrogens is 4. The highest BCUT2D eigenvalue weighted by molar-refractivity contribution is 7.58. The van der Waals surface area contributed by atoms with Gasteiger partial charge in [-0.3, -0.25) is 14.3 Å². The lowest BCUT2D eigenvalue weighted by atomic mass is 10.4. The Morgan fingerprint density at radius 3 is 2.88 bits per heavy atom. The zero-order chi connectivity index (χ0) is 17.3. The summed E-state index contributed by atoms with van der Waals surface area (Å²) < 4.78 is 32.1. The van der Waals surface area contributed by atoms with Gasteiger partial charge in [0, 0.05) is 0 Å². The minimum atomic E-state index is -4.67. The second-order valence-electron chi connectivity index (χ2n) is 4.64. The number of nitrogens with one attached hydrogen (secondary N) is 1. The lowest BCUT2D eigenvalue weighted by molar-refractivity contribution is -0.0629. The van der Waals surface area contributed by atoms with Crippen LogP contribution in [-0.2, 0) is 29.4 Å². The van der Waals surface area contributed by atoms with Gasteiger partial charge in [0.25, 0.3) is 5.56 Å². The third kappa shape index (κ3) is 4.15. The number of fused-ring (bicyclic) bond motifs is 1. The van der Waals surface area contributed by atoms with Gasteiger partial charge in [-0.1, -0.05) is 0 Å². The van der Waals surface area contributed by atoms with Crippen molar-refractivity contribution in [2.45, 2.75) is 12.8 Å². The number of aromatic amines is 1. The first kappa shape index (κ1) is 17.4. The summed E-state index contributed by atoms with van der Waals surface area (Å²) in [6, 6.07) is 0. The SMILES string of the molecule is Nc1nc2c(ncn2COC2COP(OP(=O)(O)O)OC2)c(=O)[nH]1. The number of anilines is 1. The van der Waals surface area contributed by atoms with Gasteiger partial charge in [-0.15, -0.1) is 0 Å². The minimum absolute atomic E-state index is 0.00105. The van der Waals surface area contributed by atoms with Crippen LogP contribution >= 0.6 is 16.4 Å². The molecule has 132 valence electrons. The molecule has 0 aromatic carbocycles. The lowest BCUT2D eigenvalue weighted by Crippen LogP contribution is -2.29. The third-order valence-corrected chi connectivity index (χ3v) is 4.95. The normalized spacial score (nSPS) is 22.1. The van der Waals surface area contributed by atoms with E-state index < -0.39 is 28.1 Å². The van der Waals surface area contributed by atoms with Gasteiger partial charge in [0.05, 0.1) is 19.5 Å².